The number of rotatable bonds is 4. The fourth-order valence-corrected chi connectivity index (χ4v) is 3.64. The van der Waals surface area contributed by atoms with E-state index < -0.39 is 33.5 Å². The van der Waals surface area contributed by atoms with Gasteiger partial charge in [-0.25, -0.2) is 5.48 Å². The number of hydroxylamine groups is 1. The zero-order valence-corrected chi connectivity index (χ0v) is 11.2. The number of amides is 1. The first-order chi connectivity index (χ1) is 9.63. The average Bonchev–Trinajstić information content (AvgIpc) is 2.97. The van der Waals surface area contributed by atoms with Crippen molar-refractivity contribution in [3.63, 3.8) is 0 Å². The van der Waals surface area contributed by atoms with E-state index in [0.717, 1.165) is 0 Å². The SMILES string of the molecule is O=C1OC2C3CC(CC13)C2ONC(=O)C(F)(F)S(=O)(=O)O. The van der Waals surface area contributed by atoms with Gasteiger partial charge in [0, 0.05) is 5.92 Å². The van der Waals surface area contributed by atoms with E-state index in [9.17, 15) is 26.8 Å². The van der Waals surface area contributed by atoms with Crippen molar-refractivity contribution >= 4 is 22.0 Å². The van der Waals surface area contributed by atoms with Crippen molar-refractivity contribution in [2.24, 2.45) is 17.8 Å². The van der Waals surface area contributed by atoms with E-state index in [1.54, 1.807) is 0 Å². The molecular weight excluding hydrogens is 316 g/mol. The first-order valence-corrected chi connectivity index (χ1v) is 7.58. The summed E-state index contributed by atoms with van der Waals surface area (Å²) in [4.78, 5) is 27.4. The van der Waals surface area contributed by atoms with Crippen LogP contribution in [0.25, 0.3) is 0 Å². The number of ether oxygens (including phenoxy) is 1. The van der Waals surface area contributed by atoms with Crippen LogP contribution in [0.3, 0.4) is 0 Å². The van der Waals surface area contributed by atoms with Crippen molar-refractivity contribution in [1.82, 2.24) is 5.48 Å². The first-order valence-electron chi connectivity index (χ1n) is 6.14. The molecule has 11 heteroatoms. The lowest BCUT2D eigenvalue weighted by Gasteiger charge is -2.25. The Bertz CT molecular complexity index is 607. The molecule has 0 spiro atoms. The highest BCUT2D eigenvalue weighted by Gasteiger charge is 2.63. The number of hydrogen-bond acceptors (Lipinski definition) is 6. The van der Waals surface area contributed by atoms with Gasteiger partial charge in [-0.2, -0.15) is 17.2 Å². The maximum Gasteiger partial charge on any atom is 0.448 e. The zero-order valence-electron chi connectivity index (χ0n) is 10.4. The van der Waals surface area contributed by atoms with Crippen LogP contribution >= 0.6 is 0 Å². The van der Waals surface area contributed by atoms with Gasteiger partial charge in [0.25, 0.3) is 0 Å². The van der Waals surface area contributed by atoms with Gasteiger partial charge in [0.2, 0.25) is 0 Å². The number of carbonyl (C=O) groups is 2. The maximum atomic E-state index is 13.0. The van der Waals surface area contributed by atoms with E-state index in [1.807, 2.05) is 0 Å². The quantitative estimate of drug-likeness (QED) is 0.404. The lowest BCUT2D eigenvalue weighted by Crippen LogP contribution is -2.48. The Kier molecular flexibility index (Phi) is 3.01. The Balaban J connectivity index is 1.65. The second kappa shape index (κ2) is 4.34. The van der Waals surface area contributed by atoms with Crippen LogP contribution in [0.4, 0.5) is 8.78 Å². The van der Waals surface area contributed by atoms with Gasteiger partial charge in [0.15, 0.2) is 0 Å². The zero-order chi connectivity index (χ0) is 15.6. The van der Waals surface area contributed by atoms with Crippen molar-refractivity contribution in [2.75, 3.05) is 0 Å². The highest BCUT2D eigenvalue weighted by atomic mass is 32.2. The molecule has 8 nitrogen and oxygen atoms in total. The van der Waals surface area contributed by atoms with Gasteiger partial charge >= 0.3 is 27.2 Å². The van der Waals surface area contributed by atoms with Gasteiger partial charge in [-0.1, -0.05) is 0 Å². The van der Waals surface area contributed by atoms with Crippen LogP contribution in [0.5, 0.6) is 0 Å². The third kappa shape index (κ3) is 2.02. The van der Waals surface area contributed by atoms with E-state index in [0.29, 0.717) is 12.8 Å². The molecular formula is C10H11F2NO7S. The summed E-state index contributed by atoms with van der Waals surface area (Å²) >= 11 is 0. The molecule has 1 heterocycles. The molecule has 118 valence electrons. The van der Waals surface area contributed by atoms with Gasteiger partial charge in [0.1, 0.15) is 12.2 Å². The summed E-state index contributed by atoms with van der Waals surface area (Å²) in [6, 6.07) is 0. The Hall–Kier alpha value is -1.33. The van der Waals surface area contributed by atoms with Gasteiger partial charge < -0.3 is 4.74 Å². The molecule has 3 aliphatic rings. The summed E-state index contributed by atoms with van der Waals surface area (Å²) in [5, 5.41) is -5.01. The molecule has 2 saturated carbocycles. The van der Waals surface area contributed by atoms with E-state index in [4.69, 9.17) is 14.1 Å². The number of nitrogens with one attached hydrogen (secondary N) is 1. The minimum absolute atomic E-state index is 0.0634. The van der Waals surface area contributed by atoms with Gasteiger partial charge in [0.05, 0.1) is 5.92 Å². The molecule has 5 unspecified atom stereocenters. The van der Waals surface area contributed by atoms with Crippen molar-refractivity contribution in [3.05, 3.63) is 0 Å². The van der Waals surface area contributed by atoms with Gasteiger partial charge in [-0.05, 0) is 18.8 Å². The summed E-state index contributed by atoms with van der Waals surface area (Å²) in [5.74, 6) is -3.07. The molecule has 2 N–H and O–H groups in total. The van der Waals surface area contributed by atoms with Crippen molar-refractivity contribution in [1.29, 1.82) is 0 Å². The summed E-state index contributed by atoms with van der Waals surface area (Å²) in [5.41, 5.74) is 1.33. The number of fused-ring (bicyclic) bond motifs is 1. The van der Waals surface area contributed by atoms with E-state index >= 15 is 0 Å². The fraction of sp³-hybridized carbons (Fsp3) is 0.800. The smallest absolute Gasteiger partial charge is 0.448 e. The lowest BCUT2D eigenvalue weighted by molar-refractivity contribution is -0.165. The normalized spacial score (nSPS) is 37.7. The number of hydrogen-bond donors (Lipinski definition) is 2. The molecule has 1 saturated heterocycles. The Labute approximate surface area is 117 Å². The van der Waals surface area contributed by atoms with E-state index in [2.05, 4.69) is 0 Å². The molecule has 0 aromatic rings. The molecule has 1 aliphatic heterocycles. The van der Waals surface area contributed by atoms with Crippen LogP contribution in [-0.4, -0.2) is 42.3 Å². The molecule has 0 aromatic carbocycles. The molecule has 5 atom stereocenters. The standard InChI is InChI=1S/C10H11F2NO7S/c11-10(12,21(16,17)18)9(15)13-20-6-3-1-4-5(2-3)8(14)19-7(4)6/h3-7H,1-2H2,(H,13,15)(H,16,17,18). The first kappa shape index (κ1) is 14.6. The minimum Gasteiger partial charge on any atom is -0.459 e. The largest absolute Gasteiger partial charge is 0.459 e. The van der Waals surface area contributed by atoms with Crippen LogP contribution in [0.1, 0.15) is 12.8 Å². The van der Waals surface area contributed by atoms with Crippen LogP contribution < -0.4 is 5.48 Å². The van der Waals surface area contributed by atoms with Crippen molar-refractivity contribution < 1.29 is 40.9 Å². The highest BCUT2D eigenvalue weighted by molar-refractivity contribution is 7.87. The molecule has 2 bridgehead atoms. The number of carbonyl (C=O) groups excluding carboxylic acids is 2. The van der Waals surface area contributed by atoms with E-state index in [1.165, 1.54) is 5.48 Å². The predicted molar refractivity (Wildman–Crippen MR) is 59.1 cm³/mol. The summed E-state index contributed by atoms with van der Waals surface area (Å²) < 4.78 is 60.2. The van der Waals surface area contributed by atoms with Crippen LogP contribution in [-0.2, 0) is 29.3 Å². The van der Waals surface area contributed by atoms with Gasteiger partial charge in [-0.15, -0.1) is 0 Å². The topological polar surface area (TPSA) is 119 Å². The minimum atomic E-state index is -5.89. The molecule has 0 radical (unpaired) electrons. The summed E-state index contributed by atoms with van der Waals surface area (Å²) in [6.45, 7) is 0. The molecule has 3 rings (SSSR count). The van der Waals surface area contributed by atoms with Crippen LogP contribution in [0.2, 0.25) is 0 Å². The van der Waals surface area contributed by atoms with Gasteiger partial charge in [-0.3, -0.25) is 19.0 Å². The maximum absolute atomic E-state index is 13.0. The highest BCUT2D eigenvalue weighted by Crippen LogP contribution is 2.55. The fourth-order valence-electron chi connectivity index (χ4n) is 3.36. The summed E-state index contributed by atoms with van der Waals surface area (Å²) in [7, 11) is -5.89. The third-order valence-electron chi connectivity index (χ3n) is 4.29. The monoisotopic (exact) mass is 327 g/mol. The molecule has 21 heavy (non-hydrogen) atoms. The molecule has 1 amide bonds. The second-order valence-electron chi connectivity index (χ2n) is 5.41. The Morgan fingerprint density at radius 3 is 2.71 bits per heavy atom. The van der Waals surface area contributed by atoms with E-state index in [-0.39, 0.29) is 23.7 Å². The summed E-state index contributed by atoms with van der Waals surface area (Å²) in [6.07, 6.45) is -0.314. The number of halogens is 2. The van der Waals surface area contributed by atoms with Crippen molar-refractivity contribution in [3.8, 4) is 0 Å². The Morgan fingerprint density at radius 1 is 1.43 bits per heavy atom. The van der Waals surface area contributed by atoms with Crippen molar-refractivity contribution in [2.45, 2.75) is 30.3 Å². The molecule has 0 aromatic heterocycles. The number of alkyl halides is 2. The Morgan fingerprint density at radius 2 is 2.10 bits per heavy atom. The average molecular weight is 327 g/mol. The molecule has 3 fully saturated rings. The third-order valence-corrected chi connectivity index (χ3v) is 5.12. The second-order valence-corrected chi connectivity index (χ2v) is 6.87. The van der Waals surface area contributed by atoms with Crippen LogP contribution in [0, 0.1) is 17.8 Å². The number of esters is 1. The van der Waals surface area contributed by atoms with Crippen LogP contribution in [0.15, 0.2) is 0 Å². The molecule has 2 aliphatic carbocycles. The lowest BCUT2D eigenvalue weighted by atomic mass is 9.88. The predicted octanol–water partition coefficient (Wildman–Crippen LogP) is -0.535.